The largest absolute Gasteiger partial charge is 0.481 e. The van der Waals surface area contributed by atoms with E-state index < -0.39 is 41.6 Å². The van der Waals surface area contributed by atoms with Gasteiger partial charge in [-0.1, -0.05) is 0 Å². The first-order valence-electron chi connectivity index (χ1n) is 7.29. The second-order valence-corrected chi connectivity index (χ2v) is 6.01. The molecule has 0 heterocycles. The van der Waals surface area contributed by atoms with Crippen molar-refractivity contribution in [1.29, 1.82) is 0 Å². The standard InChI is InChI=1S/C16H20F3NO5/c1-15(2,3)25-13(21)8-20-10-5-6-12(24-9-14(22)23-4)11(7-10)16(17,18)19/h5-7,20H,8-9H2,1-4H3. The summed E-state index contributed by atoms with van der Waals surface area (Å²) in [5.74, 6) is -1.92. The van der Waals surface area contributed by atoms with Gasteiger partial charge in [0.2, 0.25) is 0 Å². The third-order valence-corrected chi connectivity index (χ3v) is 2.72. The Labute approximate surface area is 143 Å². The number of anilines is 1. The molecule has 0 unspecified atom stereocenters. The van der Waals surface area contributed by atoms with Crippen LogP contribution in [0.15, 0.2) is 18.2 Å². The van der Waals surface area contributed by atoms with Crippen molar-refractivity contribution in [1.82, 2.24) is 0 Å². The maximum atomic E-state index is 13.1. The molecule has 0 aliphatic carbocycles. The number of nitrogens with one attached hydrogen (secondary N) is 1. The second kappa shape index (κ2) is 8.09. The zero-order chi connectivity index (χ0) is 19.3. The molecular weight excluding hydrogens is 343 g/mol. The fourth-order valence-corrected chi connectivity index (χ4v) is 1.73. The minimum atomic E-state index is -4.70. The summed E-state index contributed by atoms with van der Waals surface area (Å²) in [6.07, 6.45) is -4.70. The zero-order valence-electron chi connectivity index (χ0n) is 14.3. The van der Waals surface area contributed by atoms with Crippen molar-refractivity contribution < 1.29 is 37.0 Å². The Balaban J connectivity index is 2.86. The lowest BCUT2D eigenvalue weighted by Crippen LogP contribution is -2.28. The van der Waals surface area contributed by atoms with Crippen LogP contribution in [0.5, 0.6) is 5.75 Å². The van der Waals surface area contributed by atoms with Crippen molar-refractivity contribution in [3.8, 4) is 5.75 Å². The second-order valence-electron chi connectivity index (χ2n) is 6.01. The molecule has 6 nitrogen and oxygen atoms in total. The quantitative estimate of drug-likeness (QED) is 0.784. The van der Waals surface area contributed by atoms with E-state index in [4.69, 9.17) is 9.47 Å². The van der Waals surface area contributed by atoms with E-state index in [0.29, 0.717) is 0 Å². The van der Waals surface area contributed by atoms with E-state index in [9.17, 15) is 22.8 Å². The first-order chi connectivity index (χ1) is 11.4. The highest BCUT2D eigenvalue weighted by molar-refractivity contribution is 5.75. The molecule has 1 rings (SSSR count). The molecule has 0 bridgehead atoms. The van der Waals surface area contributed by atoms with Crippen LogP contribution in [0.25, 0.3) is 0 Å². The van der Waals surface area contributed by atoms with Gasteiger partial charge in [0.25, 0.3) is 0 Å². The normalized spacial score (nSPS) is 11.6. The first kappa shape index (κ1) is 20.6. The highest BCUT2D eigenvalue weighted by Crippen LogP contribution is 2.37. The summed E-state index contributed by atoms with van der Waals surface area (Å²) in [4.78, 5) is 22.6. The van der Waals surface area contributed by atoms with Crippen LogP contribution in [-0.4, -0.2) is 37.8 Å². The number of carbonyl (C=O) groups is 2. The predicted octanol–water partition coefficient (Wildman–Crippen LogP) is 3.01. The van der Waals surface area contributed by atoms with Crippen molar-refractivity contribution in [3.63, 3.8) is 0 Å². The van der Waals surface area contributed by atoms with E-state index in [0.717, 1.165) is 19.2 Å². The molecule has 0 atom stereocenters. The molecule has 0 aromatic heterocycles. The van der Waals surface area contributed by atoms with Gasteiger partial charge < -0.3 is 19.5 Å². The van der Waals surface area contributed by atoms with Gasteiger partial charge in [0, 0.05) is 5.69 Å². The molecule has 0 aliphatic rings. The van der Waals surface area contributed by atoms with Gasteiger partial charge in [0.05, 0.1) is 12.7 Å². The van der Waals surface area contributed by atoms with E-state index in [1.165, 1.54) is 6.07 Å². The third-order valence-electron chi connectivity index (χ3n) is 2.72. The van der Waals surface area contributed by atoms with Crippen LogP contribution < -0.4 is 10.1 Å². The molecule has 25 heavy (non-hydrogen) atoms. The monoisotopic (exact) mass is 363 g/mol. The fraction of sp³-hybridized carbons (Fsp3) is 0.500. The molecule has 0 saturated carbocycles. The minimum Gasteiger partial charge on any atom is -0.481 e. The van der Waals surface area contributed by atoms with Crippen molar-refractivity contribution in [2.75, 3.05) is 25.6 Å². The molecule has 0 fully saturated rings. The van der Waals surface area contributed by atoms with Crippen LogP contribution in [0.2, 0.25) is 0 Å². The number of benzene rings is 1. The van der Waals surface area contributed by atoms with E-state index in [-0.39, 0.29) is 12.2 Å². The number of hydrogen-bond acceptors (Lipinski definition) is 6. The highest BCUT2D eigenvalue weighted by Gasteiger charge is 2.35. The lowest BCUT2D eigenvalue weighted by atomic mass is 10.1. The number of esters is 2. The summed E-state index contributed by atoms with van der Waals surface area (Å²) >= 11 is 0. The van der Waals surface area contributed by atoms with Gasteiger partial charge in [-0.05, 0) is 39.0 Å². The Morgan fingerprint density at radius 1 is 1.12 bits per heavy atom. The smallest absolute Gasteiger partial charge is 0.420 e. The van der Waals surface area contributed by atoms with Gasteiger partial charge in [0.15, 0.2) is 6.61 Å². The molecule has 1 aromatic rings. The van der Waals surface area contributed by atoms with Gasteiger partial charge in [-0.2, -0.15) is 13.2 Å². The van der Waals surface area contributed by atoms with Crippen LogP contribution >= 0.6 is 0 Å². The maximum absolute atomic E-state index is 13.1. The van der Waals surface area contributed by atoms with E-state index in [1.54, 1.807) is 20.8 Å². The Kier molecular flexibility index (Phi) is 6.66. The van der Waals surface area contributed by atoms with E-state index >= 15 is 0 Å². The Morgan fingerprint density at radius 2 is 1.76 bits per heavy atom. The molecular formula is C16H20F3NO5. The minimum absolute atomic E-state index is 0.0589. The van der Waals surface area contributed by atoms with Crippen LogP contribution in [0.1, 0.15) is 26.3 Å². The lowest BCUT2D eigenvalue weighted by Gasteiger charge is -2.20. The van der Waals surface area contributed by atoms with Gasteiger partial charge >= 0.3 is 18.1 Å². The van der Waals surface area contributed by atoms with Crippen LogP contribution in [0.3, 0.4) is 0 Å². The summed E-state index contributed by atoms with van der Waals surface area (Å²) in [6, 6.07) is 3.15. The van der Waals surface area contributed by atoms with Crippen molar-refractivity contribution in [2.45, 2.75) is 32.5 Å². The molecule has 0 spiro atoms. The number of methoxy groups -OCH3 is 1. The van der Waals surface area contributed by atoms with E-state index in [2.05, 4.69) is 10.1 Å². The fourth-order valence-electron chi connectivity index (χ4n) is 1.73. The maximum Gasteiger partial charge on any atom is 0.420 e. The summed E-state index contributed by atoms with van der Waals surface area (Å²) in [5, 5.41) is 2.56. The van der Waals surface area contributed by atoms with Crippen molar-refractivity contribution >= 4 is 17.6 Å². The number of alkyl halides is 3. The Morgan fingerprint density at radius 3 is 2.28 bits per heavy atom. The average Bonchev–Trinajstić information content (AvgIpc) is 2.48. The molecule has 0 radical (unpaired) electrons. The number of rotatable bonds is 6. The summed E-state index contributed by atoms with van der Waals surface area (Å²) in [7, 11) is 1.10. The number of halogens is 3. The molecule has 0 aliphatic heterocycles. The van der Waals surface area contributed by atoms with Crippen LogP contribution in [0, 0.1) is 0 Å². The molecule has 1 N–H and O–H groups in total. The molecule has 0 amide bonds. The molecule has 0 saturated heterocycles. The highest BCUT2D eigenvalue weighted by atomic mass is 19.4. The molecule has 9 heteroatoms. The van der Waals surface area contributed by atoms with Crippen molar-refractivity contribution in [3.05, 3.63) is 23.8 Å². The van der Waals surface area contributed by atoms with Crippen LogP contribution in [-0.2, 0) is 25.2 Å². The third kappa shape index (κ3) is 7.32. The topological polar surface area (TPSA) is 73.9 Å². The van der Waals surface area contributed by atoms with Crippen LogP contribution in [0.4, 0.5) is 18.9 Å². The molecule has 140 valence electrons. The summed E-state index contributed by atoms with van der Waals surface area (Å²) in [5.41, 5.74) is -1.71. The van der Waals surface area contributed by atoms with Gasteiger partial charge in [0.1, 0.15) is 17.9 Å². The van der Waals surface area contributed by atoms with Gasteiger partial charge in [-0.3, -0.25) is 4.79 Å². The lowest BCUT2D eigenvalue weighted by molar-refractivity contribution is -0.152. The Bertz CT molecular complexity index is 623. The SMILES string of the molecule is COC(=O)COc1ccc(NCC(=O)OC(C)(C)C)cc1C(F)(F)F. The summed E-state index contributed by atoms with van der Waals surface area (Å²) in [6.45, 7) is 4.10. The van der Waals surface area contributed by atoms with Gasteiger partial charge in [-0.15, -0.1) is 0 Å². The number of carbonyl (C=O) groups excluding carboxylic acids is 2. The average molecular weight is 363 g/mol. The first-order valence-corrected chi connectivity index (χ1v) is 7.29. The predicted molar refractivity (Wildman–Crippen MR) is 83.3 cm³/mol. The van der Waals surface area contributed by atoms with Crippen molar-refractivity contribution in [2.24, 2.45) is 0 Å². The summed E-state index contributed by atoms with van der Waals surface area (Å²) < 4.78 is 53.6. The Hall–Kier alpha value is -2.45. The number of hydrogen-bond donors (Lipinski definition) is 1. The van der Waals surface area contributed by atoms with Gasteiger partial charge in [-0.25, -0.2) is 4.79 Å². The number of ether oxygens (including phenoxy) is 3. The molecule has 1 aromatic carbocycles. The van der Waals surface area contributed by atoms with E-state index in [1.807, 2.05) is 0 Å². The zero-order valence-corrected chi connectivity index (χ0v) is 14.3.